The molecule has 0 aliphatic rings. The van der Waals surface area contributed by atoms with Gasteiger partial charge in [0, 0.05) is 6.61 Å². The molecule has 12 heteroatoms. The molecule has 0 saturated carbocycles. The second-order valence-corrected chi connectivity index (χ2v) is 9.74. The minimum absolute atomic E-state index is 0. The summed E-state index contributed by atoms with van der Waals surface area (Å²) in [6, 6.07) is 0. The van der Waals surface area contributed by atoms with Gasteiger partial charge in [-0.25, -0.2) is 4.79 Å². The van der Waals surface area contributed by atoms with E-state index in [1.807, 2.05) is 0 Å². The zero-order valence-corrected chi connectivity index (χ0v) is 19.8. The van der Waals surface area contributed by atoms with E-state index in [0.29, 0.717) is 6.42 Å². The van der Waals surface area contributed by atoms with Gasteiger partial charge in [-0.15, -0.1) is 0 Å². The van der Waals surface area contributed by atoms with Crippen LogP contribution in [-0.2, 0) is 24.4 Å². The Morgan fingerprint density at radius 1 is 0.647 bits per heavy atom. The third kappa shape index (κ3) is 24.2. The van der Waals surface area contributed by atoms with Crippen LogP contribution in [0.5, 0.6) is 0 Å². The monoisotopic (exact) mass is 538 g/mol. The van der Waals surface area contributed by atoms with Crippen molar-refractivity contribution in [2.24, 2.45) is 0 Å². The van der Waals surface area contributed by atoms with E-state index in [9.17, 15) is 18.0 Å². The Bertz CT molecular complexity index is 591. The Morgan fingerprint density at radius 3 is 1.24 bits per heavy atom. The second-order valence-electron chi connectivity index (χ2n) is 8.21. The first-order valence-corrected chi connectivity index (χ1v) is 13.3. The number of carboxylic acid groups (broad SMARTS) is 2. The van der Waals surface area contributed by atoms with Crippen molar-refractivity contribution in [3.05, 3.63) is 0 Å². The van der Waals surface area contributed by atoms with E-state index in [1.54, 1.807) is 0 Å². The molecule has 0 rings (SSSR count). The molecule has 2 unspecified atom stereocenters. The van der Waals surface area contributed by atoms with Gasteiger partial charge in [0.15, 0.2) is 6.10 Å². The first kappa shape index (κ1) is 42.9. The van der Waals surface area contributed by atoms with Gasteiger partial charge in [0.05, 0.1) is 0 Å². The van der Waals surface area contributed by atoms with Crippen LogP contribution in [0, 0.1) is 0 Å². The molecule has 0 aromatic carbocycles. The summed E-state index contributed by atoms with van der Waals surface area (Å²) >= 11 is 0. The summed E-state index contributed by atoms with van der Waals surface area (Å²) in [6.45, 7) is 2.16. The Hall–Kier alpha value is 1.81. The first-order valence-electron chi connectivity index (χ1n) is 11.7. The van der Waals surface area contributed by atoms with Crippen LogP contribution in [0.4, 0.5) is 0 Å². The average molecular weight is 539 g/mol. The molecule has 3 N–H and O–H groups in total. The standard InChI is InChI=1S/C22H42O8S.3Na.3H/c1-2-3-4-5-6-7-8-9-10-11-12-13-14-15-16-17-18-30-19(21(23)24)20(22(25)26)31(27,28)29;;;;;;/h19-20H,2-18H2,1H3,(H,23,24)(H,25,26)(H,27,28,29);;;;;;. The van der Waals surface area contributed by atoms with Crippen LogP contribution in [0.25, 0.3) is 0 Å². The number of aliphatic carboxylic acids is 2. The van der Waals surface area contributed by atoms with E-state index in [-0.39, 0.29) is 95.3 Å². The predicted octanol–water partition coefficient (Wildman–Crippen LogP) is 3.11. The summed E-state index contributed by atoms with van der Waals surface area (Å²) in [7, 11) is -5.09. The van der Waals surface area contributed by atoms with Crippen molar-refractivity contribution in [2.45, 2.75) is 121 Å². The summed E-state index contributed by atoms with van der Waals surface area (Å²) < 4.78 is 36.2. The van der Waals surface area contributed by atoms with E-state index in [0.717, 1.165) is 25.7 Å². The molecule has 0 radical (unpaired) electrons. The number of rotatable bonds is 22. The molecule has 0 bridgehead atoms. The molecule has 0 aromatic rings. The zero-order valence-electron chi connectivity index (χ0n) is 19.0. The number of unbranched alkanes of at least 4 members (excludes halogenated alkanes) is 15. The fourth-order valence-electron chi connectivity index (χ4n) is 3.56. The van der Waals surface area contributed by atoms with Gasteiger partial charge < -0.3 is 14.9 Å². The number of ether oxygens (including phenoxy) is 1. The quantitative estimate of drug-likeness (QED) is 0.109. The maximum atomic E-state index is 11.1. The molecule has 0 heterocycles. The molecule has 190 valence electrons. The molecule has 34 heavy (non-hydrogen) atoms. The van der Waals surface area contributed by atoms with Gasteiger partial charge in [-0.1, -0.05) is 103 Å². The molecule has 2 atom stereocenters. The molecule has 0 aliphatic carbocycles. The van der Waals surface area contributed by atoms with Crippen molar-refractivity contribution in [1.29, 1.82) is 0 Å². The van der Waals surface area contributed by atoms with E-state index in [2.05, 4.69) is 6.92 Å². The van der Waals surface area contributed by atoms with E-state index in [1.165, 1.54) is 70.6 Å². The van der Waals surface area contributed by atoms with Crippen molar-refractivity contribution >= 4 is 111 Å². The number of hydrogen-bond donors (Lipinski definition) is 3. The fourth-order valence-corrected chi connectivity index (χ4v) is 4.32. The molecule has 0 saturated heterocycles. The predicted molar refractivity (Wildman–Crippen MR) is 141 cm³/mol. The van der Waals surface area contributed by atoms with Crippen molar-refractivity contribution in [3.63, 3.8) is 0 Å². The van der Waals surface area contributed by atoms with Gasteiger partial charge in [0.2, 0.25) is 5.25 Å². The van der Waals surface area contributed by atoms with Gasteiger partial charge >= 0.3 is 101 Å². The second kappa shape index (κ2) is 27.8. The Labute approximate surface area is 272 Å². The third-order valence-electron chi connectivity index (χ3n) is 5.38. The maximum absolute atomic E-state index is 11.1. The first-order chi connectivity index (χ1) is 14.7. The van der Waals surface area contributed by atoms with E-state index < -0.39 is 33.4 Å². The SMILES string of the molecule is CCCCCCCCCCCCCCCCCCOC(C(=O)O)C(C(=O)O)S(=O)(=O)O.[NaH].[NaH].[NaH]. The van der Waals surface area contributed by atoms with Crippen LogP contribution < -0.4 is 0 Å². The van der Waals surface area contributed by atoms with E-state index >= 15 is 0 Å². The summed E-state index contributed by atoms with van der Waals surface area (Å²) in [5.41, 5.74) is 0. The van der Waals surface area contributed by atoms with Crippen molar-refractivity contribution in [3.8, 4) is 0 Å². The summed E-state index contributed by atoms with van der Waals surface area (Å²) in [6.07, 6.45) is 16.9. The van der Waals surface area contributed by atoms with Crippen LogP contribution in [0.2, 0.25) is 0 Å². The van der Waals surface area contributed by atoms with Gasteiger partial charge in [0.1, 0.15) is 0 Å². The van der Waals surface area contributed by atoms with Crippen LogP contribution >= 0.6 is 0 Å². The zero-order chi connectivity index (χ0) is 23.5. The topological polar surface area (TPSA) is 138 Å². The minimum atomic E-state index is -5.09. The van der Waals surface area contributed by atoms with Gasteiger partial charge in [-0.3, -0.25) is 9.35 Å². The van der Waals surface area contributed by atoms with Gasteiger partial charge in [-0.05, 0) is 6.42 Å². The Balaban J connectivity index is -0.00000150. The number of hydrogen-bond acceptors (Lipinski definition) is 5. The molecule has 0 fully saturated rings. The van der Waals surface area contributed by atoms with Crippen LogP contribution in [-0.4, -0.2) is 142 Å². The van der Waals surface area contributed by atoms with Crippen molar-refractivity contribution in [2.75, 3.05) is 6.61 Å². The van der Waals surface area contributed by atoms with Crippen LogP contribution in [0.3, 0.4) is 0 Å². The Kier molecular flexibility index (Phi) is 35.1. The summed E-state index contributed by atoms with van der Waals surface area (Å²) in [5, 5.41) is 15.4. The molecule has 0 aromatic heterocycles. The number of carbonyl (C=O) groups is 2. The number of carboxylic acids is 2. The summed E-state index contributed by atoms with van der Waals surface area (Å²) in [5.74, 6) is -3.69. The fraction of sp³-hybridized carbons (Fsp3) is 0.909. The van der Waals surface area contributed by atoms with Crippen molar-refractivity contribution < 1.29 is 37.5 Å². The molecule has 0 aliphatic heterocycles. The summed E-state index contributed by atoms with van der Waals surface area (Å²) in [4.78, 5) is 22.1. The van der Waals surface area contributed by atoms with Crippen LogP contribution in [0.1, 0.15) is 110 Å². The Morgan fingerprint density at radius 2 is 0.971 bits per heavy atom. The molecule has 0 amide bonds. The molecule has 0 spiro atoms. The normalized spacial score (nSPS) is 12.5. The van der Waals surface area contributed by atoms with Gasteiger partial charge in [-0.2, -0.15) is 8.42 Å². The average Bonchev–Trinajstić information content (AvgIpc) is 2.67. The van der Waals surface area contributed by atoms with Crippen molar-refractivity contribution in [1.82, 2.24) is 0 Å². The molecule has 8 nitrogen and oxygen atoms in total. The molecular weight excluding hydrogens is 493 g/mol. The van der Waals surface area contributed by atoms with Crippen LogP contribution in [0.15, 0.2) is 0 Å². The van der Waals surface area contributed by atoms with Gasteiger partial charge in [0.25, 0.3) is 10.1 Å². The third-order valence-corrected chi connectivity index (χ3v) is 6.47. The van der Waals surface area contributed by atoms with E-state index in [4.69, 9.17) is 19.5 Å². The molecular formula is C22H45Na3O8S.